The molecule has 3 rings (SSSR count). The highest BCUT2D eigenvalue weighted by Crippen LogP contribution is 2.26. The van der Waals surface area contributed by atoms with E-state index >= 15 is 0 Å². The largest absolute Gasteiger partial charge is 0.368 e. The topological polar surface area (TPSA) is 49.6 Å². The lowest BCUT2D eigenvalue weighted by molar-refractivity contribution is 0.648. The number of halogens is 1. The molecule has 1 atom stereocenters. The second-order valence-electron chi connectivity index (χ2n) is 5.22. The van der Waals surface area contributed by atoms with Gasteiger partial charge in [0.05, 0.1) is 10.6 Å². The number of para-hydroxylation sites is 1. The summed E-state index contributed by atoms with van der Waals surface area (Å²) in [5.41, 5.74) is 2.11. The number of piperazine rings is 1. The third-order valence-corrected chi connectivity index (χ3v) is 4.89. The molecule has 0 aromatic heterocycles. The summed E-state index contributed by atoms with van der Waals surface area (Å²) in [6, 6.07) is 15.5. The Kier molecular flexibility index (Phi) is 4.66. The van der Waals surface area contributed by atoms with Crippen LogP contribution in [0.5, 0.6) is 0 Å². The van der Waals surface area contributed by atoms with Gasteiger partial charge < -0.3 is 9.80 Å². The van der Waals surface area contributed by atoms with Gasteiger partial charge in [-0.25, -0.2) is 9.35 Å². The summed E-state index contributed by atoms with van der Waals surface area (Å²) in [7, 11) is -1.46. The Balaban J connectivity index is 1.73. The minimum Gasteiger partial charge on any atom is -0.368 e. The van der Waals surface area contributed by atoms with Crippen LogP contribution in [0.25, 0.3) is 0 Å². The molecule has 0 amide bonds. The highest BCUT2D eigenvalue weighted by Gasteiger charge is 2.20. The fourth-order valence-electron chi connectivity index (χ4n) is 2.77. The maximum absolute atomic E-state index is 11.7. The normalized spacial score (nSPS) is 16.6. The predicted octanol–water partition coefficient (Wildman–Crippen LogP) is 2.65. The van der Waals surface area contributed by atoms with E-state index in [1.807, 2.05) is 42.5 Å². The van der Waals surface area contributed by atoms with E-state index in [0.29, 0.717) is 4.90 Å². The van der Waals surface area contributed by atoms with Gasteiger partial charge in [0.2, 0.25) is 0 Å². The molecule has 0 radical (unpaired) electrons. The van der Waals surface area contributed by atoms with E-state index in [4.69, 9.17) is 16.7 Å². The van der Waals surface area contributed by atoms with Crippen molar-refractivity contribution in [3.63, 3.8) is 0 Å². The van der Waals surface area contributed by atoms with Gasteiger partial charge in [0, 0.05) is 36.9 Å². The number of anilines is 2. The lowest BCUT2D eigenvalue weighted by Gasteiger charge is -2.38. The molecule has 1 aliphatic rings. The van der Waals surface area contributed by atoms with Crippen molar-refractivity contribution in [2.45, 2.75) is 4.90 Å². The van der Waals surface area contributed by atoms with Crippen LogP contribution in [0.4, 0.5) is 11.4 Å². The molecular formula is C16H18ClN3OS. The zero-order chi connectivity index (χ0) is 15.5. The average Bonchev–Trinajstić information content (AvgIpc) is 2.55. The summed E-state index contributed by atoms with van der Waals surface area (Å²) >= 11 is 6.06. The van der Waals surface area contributed by atoms with Gasteiger partial charge >= 0.3 is 0 Å². The fraction of sp³-hybridized carbons (Fsp3) is 0.250. The van der Waals surface area contributed by atoms with E-state index in [9.17, 15) is 4.21 Å². The molecule has 1 heterocycles. The number of nitrogens with zero attached hydrogens (tertiary/aromatic N) is 2. The first-order chi connectivity index (χ1) is 10.6. The van der Waals surface area contributed by atoms with E-state index in [2.05, 4.69) is 15.9 Å². The van der Waals surface area contributed by atoms with Crippen molar-refractivity contribution in [1.29, 1.82) is 0 Å². The molecule has 6 heteroatoms. The zero-order valence-corrected chi connectivity index (χ0v) is 13.7. The van der Waals surface area contributed by atoms with Crippen molar-refractivity contribution in [1.82, 2.24) is 0 Å². The second-order valence-corrected chi connectivity index (χ2v) is 6.69. The molecule has 116 valence electrons. The molecule has 22 heavy (non-hydrogen) atoms. The summed E-state index contributed by atoms with van der Waals surface area (Å²) in [5.74, 6) is 0. The molecule has 1 saturated heterocycles. The molecule has 0 aliphatic carbocycles. The molecule has 2 N–H and O–H groups in total. The predicted molar refractivity (Wildman–Crippen MR) is 92.9 cm³/mol. The maximum atomic E-state index is 11.7. The van der Waals surface area contributed by atoms with Crippen LogP contribution in [0.2, 0.25) is 5.02 Å². The molecule has 2 aromatic rings. The first-order valence-electron chi connectivity index (χ1n) is 7.16. The van der Waals surface area contributed by atoms with Crippen LogP contribution in [0.3, 0.4) is 0 Å². The van der Waals surface area contributed by atoms with E-state index in [1.165, 1.54) is 0 Å². The van der Waals surface area contributed by atoms with E-state index in [-0.39, 0.29) is 0 Å². The van der Waals surface area contributed by atoms with Crippen molar-refractivity contribution >= 4 is 34.0 Å². The van der Waals surface area contributed by atoms with Gasteiger partial charge in [0.15, 0.2) is 0 Å². The molecule has 0 spiro atoms. The number of hydrogen-bond acceptors (Lipinski definition) is 3. The van der Waals surface area contributed by atoms with Crippen LogP contribution in [-0.4, -0.2) is 30.4 Å². The lowest BCUT2D eigenvalue weighted by Crippen LogP contribution is -2.46. The third-order valence-electron chi connectivity index (χ3n) is 3.88. The third kappa shape index (κ3) is 3.27. The molecule has 2 aromatic carbocycles. The average molecular weight is 336 g/mol. The summed E-state index contributed by atoms with van der Waals surface area (Å²) < 4.78 is 11.7. The Morgan fingerprint density at radius 2 is 1.64 bits per heavy atom. The Hall–Kier alpha value is -1.56. The Morgan fingerprint density at radius 1 is 0.955 bits per heavy atom. The quantitative estimate of drug-likeness (QED) is 0.938. The van der Waals surface area contributed by atoms with Crippen LogP contribution < -0.4 is 14.9 Å². The first-order valence-corrected chi connectivity index (χ1v) is 8.75. The summed E-state index contributed by atoms with van der Waals surface area (Å²) in [6.07, 6.45) is 0. The van der Waals surface area contributed by atoms with Crippen molar-refractivity contribution in [3.05, 3.63) is 53.6 Å². The molecular weight excluding hydrogens is 318 g/mol. The van der Waals surface area contributed by atoms with Gasteiger partial charge in [-0.1, -0.05) is 29.8 Å². The van der Waals surface area contributed by atoms with Crippen LogP contribution in [0, 0.1) is 0 Å². The van der Waals surface area contributed by atoms with Gasteiger partial charge in [-0.05, 0) is 30.3 Å². The number of benzene rings is 2. The van der Waals surface area contributed by atoms with Crippen molar-refractivity contribution < 1.29 is 4.21 Å². The molecule has 1 aliphatic heterocycles. The minimum atomic E-state index is -1.46. The number of hydrogen-bond donors (Lipinski definition) is 1. The highest BCUT2D eigenvalue weighted by molar-refractivity contribution is 7.82. The summed E-state index contributed by atoms with van der Waals surface area (Å²) in [6.45, 7) is 3.51. The minimum absolute atomic E-state index is 0.693. The van der Waals surface area contributed by atoms with Gasteiger partial charge in [-0.3, -0.25) is 0 Å². The molecule has 0 bridgehead atoms. The second kappa shape index (κ2) is 6.69. The number of nitrogens with two attached hydrogens (primary N) is 1. The van der Waals surface area contributed by atoms with Gasteiger partial charge in [0.1, 0.15) is 11.0 Å². The molecule has 1 fully saturated rings. The first kappa shape index (κ1) is 15.3. The lowest BCUT2D eigenvalue weighted by atomic mass is 10.2. The van der Waals surface area contributed by atoms with Crippen LogP contribution in [0.15, 0.2) is 53.4 Å². The Bertz CT molecular complexity index is 687. The Labute approximate surface area is 138 Å². The van der Waals surface area contributed by atoms with Gasteiger partial charge in [-0.2, -0.15) is 0 Å². The SMILES string of the molecule is NS(=O)c1ccccc1N1CCN(c2cccc(Cl)c2)CC1. The smallest absolute Gasteiger partial charge is 0.124 e. The van der Waals surface area contributed by atoms with E-state index in [0.717, 1.165) is 42.6 Å². The van der Waals surface area contributed by atoms with Gasteiger partial charge in [-0.15, -0.1) is 0 Å². The highest BCUT2D eigenvalue weighted by atomic mass is 35.5. The molecule has 4 nitrogen and oxygen atoms in total. The maximum Gasteiger partial charge on any atom is 0.124 e. The van der Waals surface area contributed by atoms with Crippen LogP contribution in [-0.2, 0) is 11.0 Å². The fourth-order valence-corrected chi connectivity index (χ4v) is 3.57. The zero-order valence-electron chi connectivity index (χ0n) is 12.1. The summed E-state index contributed by atoms with van der Waals surface area (Å²) in [5, 5.41) is 6.33. The van der Waals surface area contributed by atoms with Crippen molar-refractivity contribution in [3.8, 4) is 0 Å². The Morgan fingerprint density at radius 3 is 2.32 bits per heavy atom. The van der Waals surface area contributed by atoms with E-state index in [1.54, 1.807) is 0 Å². The monoisotopic (exact) mass is 335 g/mol. The summed E-state index contributed by atoms with van der Waals surface area (Å²) in [4.78, 5) is 5.24. The van der Waals surface area contributed by atoms with Crippen molar-refractivity contribution in [2.75, 3.05) is 36.0 Å². The van der Waals surface area contributed by atoms with E-state index < -0.39 is 11.0 Å². The molecule has 0 saturated carbocycles. The molecule has 1 unspecified atom stereocenters. The number of rotatable bonds is 3. The standard InChI is InChI=1S/C16H18ClN3OS/c17-13-4-3-5-14(12-13)19-8-10-20(11-9-19)15-6-1-2-7-16(15)22(18)21/h1-7,12H,8-11,18H2. The van der Waals surface area contributed by atoms with Crippen molar-refractivity contribution in [2.24, 2.45) is 5.14 Å². The van der Waals surface area contributed by atoms with Crippen LogP contribution in [0.1, 0.15) is 0 Å². The van der Waals surface area contributed by atoms with Gasteiger partial charge in [0.25, 0.3) is 0 Å². The van der Waals surface area contributed by atoms with Crippen LogP contribution >= 0.6 is 11.6 Å².